The van der Waals surface area contributed by atoms with E-state index in [4.69, 9.17) is 65.5 Å². The molecule has 5 aromatic heterocycles. The minimum atomic E-state index is -0.939. The molecular formula is C78H70Cl2N10O11S5. The van der Waals surface area contributed by atoms with Gasteiger partial charge in [0, 0.05) is 123 Å². The molecule has 0 radical (unpaired) electrons. The molecule has 12 N–H and O–H groups in total. The van der Waals surface area contributed by atoms with Gasteiger partial charge in [-0.05, 0) is 139 Å². The lowest BCUT2D eigenvalue weighted by Crippen LogP contribution is -2.35. The molecule has 5 amide bonds. The Balaban J connectivity index is 0.000000132. The van der Waals surface area contributed by atoms with Gasteiger partial charge >= 0.3 is 11.9 Å². The van der Waals surface area contributed by atoms with Crippen molar-refractivity contribution in [3.63, 3.8) is 0 Å². The highest BCUT2D eigenvalue weighted by molar-refractivity contribution is 7.14. The van der Waals surface area contributed by atoms with E-state index in [1.807, 2.05) is 72.8 Å². The molecule has 5 aliphatic heterocycles. The fourth-order valence-electron chi connectivity index (χ4n) is 11.9. The molecule has 10 aromatic rings. The molecule has 0 saturated heterocycles. The van der Waals surface area contributed by atoms with Gasteiger partial charge in [-0.15, -0.1) is 56.7 Å². The van der Waals surface area contributed by atoms with Crippen LogP contribution in [0, 0.1) is 30.1 Å². The predicted octanol–water partition coefficient (Wildman–Crippen LogP) is 13.9. The van der Waals surface area contributed by atoms with E-state index in [0.29, 0.717) is 126 Å². The van der Waals surface area contributed by atoms with E-state index in [1.165, 1.54) is 21.6 Å². The quantitative estimate of drug-likeness (QED) is 0.0427. The minimum absolute atomic E-state index is 0.0528. The van der Waals surface area contributed by atoms with Gasteiger partial charge in [0.2, 0.25) is 0 Å². The summed E-state index contributed by atoms with van der Waals surface area (Å²) in [6.45, 7) is 6.30. The first-order valence-electron chi connectivity index (χ1n) is 33.1. The van der Waals surface area contributed by atoms with Crippen LogP contribution >= 0.6 is 79.9 Å². The number of aliphatic imine (C=N–C) groups is 2. The highest BCUT2D eigenvalue weighted by Crippen LogP contribution is 2.35. The Morgan fingerprint density at radius 3 is 1.33 bits per heavy atom. The second-order valence-corrected chi connectivity index (χ2v) is 32.0. The average molecular weight is 1550 g/mol. The Bertz CT molecular complexity index is 5240. The number of methoxy groups -OCH3 is 1. The summed E-state index contributed by atoms with van der Waals surface area (Å²) in [6, 6.07) is 41.0. The van der Waals surface area contributed by atoms with E-state index in [0.717, 1.165) is 83.7 Å². The fourth-order valence-corrected chi connectivity index (χ4v) is 18.4. The summed E-state index contributed by atoms with van der Waals surface area (Å²) in [4.78, 5) is 99.3. The van der Waals surface area contributed by atoms with Gasteiger partial charge in [0.1, 0.15) is 34.9 Å². The van der Waals surface area contributed by atoms with Crippen LogP contribution in [0.5, 0.6) is 5.75 Å². The molecule has 0 aliphatic carbocycles. The molecule has 0 unspecified atom stereocenters. The second kappa shape index (κ2) is 34.2. The van der Waals surface area contributed by atoms with Crippen molar-refractivity contribution < 1.29 is 53.2 Å². The first-order valence-corrected chi connectivity index (χ1v) is 37.9. The maximum absolute atomic E-state index is 11.9. The predicted molar refractivity (Wildman–Crippen MR) is 419 cm³/mol. The number of nitrogens with one attached hydrogen (secondary N) is 6. The van der Waals surface area contributed by atoms with Gasteiger partial charge in [0.25, 0.3) is 29.5 Å². The second-order valence-electron chi connectivity index (χ2n) is 25.0. The van der Waals surface area contributed by atoms with Crippen LogP contribution in [0.25, 0.3) is 0 Å². The number of hydrogen-bond donors (Lipinski definition) is 10. The third-order valence-corrected chi connectivity index (χ3v) is 23.3. The van der Waals surface area contributed by atoms with Gasteiger partial charge in [0.15, 0.2) is 0 Å². The van der Waals surface area contributed by atoms with Crippen LogP contribution in [0.3, 0.4) is 0 Å². The van der Waals surface area contributed by atoms with Crippen molar-refractivity contribution in [1.29, 1.82) is 16.2 Å². The third-order valence-electron chi connectivity index (χ3n) is 17.1. The van der Waals surface area contributed by atoms with Crippen molar-refractivity contribution in [2.24, 2.45) is 21.5 Å². The van der Waals surface area contributed by atoms with Crippen LogP contribution < -0.4 is 32.2 Å². The molecule has 0 spiro atoms. The number of halogens is 2. The number of nitrogens with zero attached hydrogens (tertiary/aromatic N) is 2. The number of hydrogen-bond acceptors (Lipinski definition) is 20. The Hall–Kier alpha value is -10.4. The Kier molecular flexibility index (Phi) is 24.8. The van der Waals surface area contributed by atoms with Crippen molar-refractivity contribution >= 4 is 151 Å². The van der Waals surface area contributed by atoms with Gasteiger partial charge in [-0.3, -0.25) is 40.2 Å². The number of amidine groups is 5. The first-order chi connectivity index (χ1) is 50.7. The van der Waals surface area contributed by atoms with Crippen molar-refractivity contribution in [2.45, 2.75) is 91.6 Å². The molecule has 106 heavy (non-hydrogen) atoms. The number of aliphatic hydroxyl groups excluding tert-OH is 1. The number of aliphatic hydroxyl groups is 1. The number of rotatable bonds is 15. The van der Waals surface area contributed by atoms with E-state index < -0.39 is 5.97 Å². The Labute approximate surface area is 639 Å². The molecule has 15 rings (SSSR count). The smallest absolute Gasteiger partial charge is 0.338 e. The van der Waals surface area contributed by atoms with E-state index >= 15 is 0 Å². The SMILES string of the molecule is CCOC(=O)c1ccc(Cc2cc3c(s2)CC(=N)NC3=O)cc1.COc1ccc(Cc2cc3c(s2)CC(=N)NC3=O)c(CO)c1.Cc1ccc(Cc2cc3c(s2)CC(=N)NC3=O)c(C)c1.NC1=NC(=O)c2cc(Cc3ccc(C(=O)O)cc3)sc2C1.NC1=NC(=O)c2cc(Cc3ccc(Cl)cc3Cl)sc2C1. The number of benzene rings is 5. The molecule has 5 aliphatic rings. The van der Waals surface area contributed by atoms with Crippen molar-refractivity contribution in [2.75, 3.05) is 13.7 Å². The number of aryl methyl sites for hydroxylation is 2. The number of thiophene rings is 5. The summed E-state index contributed by atoms with van der Waals surface area (Å²) in [7, 11) is 1.59. The van der Waals surface area contributed by atoms with Crippen LogP contribution in [-0.4, -0.2) is 94.6 Å². The van der Waals surface area contributed by atoms with Crippen molar-refractivity contribution in [1.82, 2.24) is 16.0 Å². The van der Waals surface area contributed by atoms with Gasteiger partial charge in [0.05, 0.1) is 59.3 Å². The van der Waals surface area contributed by atoms with E-state index in [-0.39, 0.29) is 59.3 Å². The van der Waals surface area contributed by atoms with Crippen LogP contribution in [0.15, 0.2) is 143 Å². The van der Waals surface area contributed by atoms with E-state index in [2.05, 4.69) is 58.0 Å². The number of carboxylic acids is 1. The number of aromatic carboxylic acids is 1. The number of carboxylic acid groups (broad SMARTS) is 1. The topological polar surface area (TPSA) is 363 Å². The van der Waals surface area contributed by atoms with Gasteiger partial charge in [-0.2, -0.15) is 9.98 Å². The summed E-state index contributed by atoms with van der Waals surface area (Å²) in [5.41, 5.74) is 24.2. The third kappa shape index (κ3) is 19.4. The molecule has 21 nitrogen and oxygen atoms in total. The normalized spacial score (nSPS) is 13.8. The summed E-state index contributed by atoms with van der Waals surface area (Å²) in [6.07, 6.45) is 6.08. The Morgan fingerprint density at radius 1 is 0.500 bits per heavy atom. The number of fused-ring (bicyclic) bond motifs is 5. The highest BCUT2D eigenvalue weighted by Gasteiger charge is 2.28. The van der Waals surface area contributed by atoms with Crippen molar-refractivity contribution in [3.05, 3.63) is 276 Å². The molecule has 0 fully saturated rings. The molecule has 0 bridgehead atoms. The first kappa shape index (κ1) is 76.7. The zero-order chi connectivity index (χ0) is 75.6. The molecule has 28 heteroatoms. The average Bonchev–Trinajstić information content (AvgIpc) is 1.68. The van der Waals surface area contributed by atoms with Gasteiger partial charge < -0.3 is 47.1 Å². The molecule has 10 heterocycles. The maximum Gasteiger partial charge on any atom is 0.338 e. The van der Waals surface area contributed by atoms with Crippen LogP contribution in [-0.2, 0) is 75.6 Å². The number of amides is 5. The highest BCUT2D eigenvalue weighted by atomic mass is 35.5. The van der Waals surface area contributed by atoms with Crippen LogP contribution in [0.4, 0.5) is 0 Å². The largest absolute Gasteiger partial charge is 0.497 e. The van der Waals surface area contributed by atoms with E-state index in [1.54, 1.807) is 113 Å². The maximum atomic E-state index is 11.9. The standard InChI is InChI=1S/C17H16N2O3S.C16H16N2O3S.C16H16N2OS.C15H12N2O3S.C14H10Cl2N2OS/c1-2-22-17(21)11-5-3-10(4-6-11)7-12-8-13-14(23-12)9-15(18)19-16(13)20;1-21-11-3-2-9(10(4-11)8-19)5-12-6-13-14(22-12)7-15(17)18-16(13)20;1-9-3-4-11(10(2)5-9)6-12-7-13-14(20-12)8-15(17)18-16(13)19;16-13-7-12-11(14(18)17-13)6-10(21-12)5-8-1-3-9(4-2-8)15(19)20;15-8-2-1-7(11(16)4-8)3-9-5-10-12(20-9)6-13(17)18-14(10)19/h3-6,8H,2,7,9H2,1H3,(H2,18,19,20);2-4,6,19H,5,7-8H2,1H3,(H2,17,18,20);3-5,7H,6,8H2,1-2H3,(H2,17,18,19);1-4,6H,5,7H2,(H,19,20)(H2,16,17,18);1-2,4-5H,3,6H2,(H2,17,18,19). The van der Waals surface area contributed by atoms with Crippen LogP contribution in [0.2, 0.25) is 10.0 Å². The lowest BCUT2D eigenvalue weighted by atomic mass is 10.0. The van der Waals surface area contributed by atoms with Gasteiger partial charge in [-0.25, -0.2) is 9.59 Å². The molecule has 5 aromatic carbocycles. The summed E-state index contributed by atoms with van der Waals surface area (Å²) < 4.78 is 10.1. The Morgan fingerprint density at radius 2 is 0.906 bits per heavy atom. The molecule has 0 atom stereocenters. The monoisotopic (exact) mass is 1550 g/mol. The van der Waals surface area contributed by atoms with Gasteiger partial charge in [-0.1, -0.05) is 83.4 Å². The number of esters is 1. The minimum Gasteiger partial charge on any atom is -0.497 e. The number of ether oxygens (including phenoxy) is 2. The fraction of sp³-hybridized carbons (Fsp3) is 0.205. The molecule has 542 valence electrons. The number of carbonyl (C=O) groups excluding carboxylic acids is 6. The summed E-state index contributed by atoms with van der Waals surface area (Å²) in [5.74, 6) is -0.110. The molecular weight excluding hydrogens is 1480 g/mol. The number of carbonyl (C=O) groups is 7. The van der Waals surface area contributed by atoms with Crippen LogP contribution in [0.1, 0.15) is 173 Å². The number of nitrogens with two attached hydrogens (primary N) is 2. The lowest BCUT2D eigenvalue weighted by Gasteiger charge is -2.12. The summed E-state index contributed by atoms with van der Waals surface area (Å²) in [5, 5.41) is 50.1. The summed E-state index contributed by atoms with van der Waals surface area (Å²) >= 11 is 19.9. The van der Waals surface area contributed by atoms with E-state index in [9.17, 15) is 38.7 Å². The molecule has 0 saturated carbocycles. The zero-order valence-corrected chi connectivity index (χ0v) is 63.2. The van der Waals surface area contributed by atoms with Crippen molar-refractivity contribution in [3.8, 4) is 5.75 Å². The lowest BCUT2D eigenvalue weighted by molar-refractivity contribution is 0.0525. The zero-order valence-electron chi connectivity index (χ0n) is 57.6.